The first kappa shape index (κ1) is 28.4. The molecule has 208 valence electrons. The number of carboxylic acids is 1. The van der Waals surface area contributed by atoms with Crippen LogP contribution in [0.3, 0.4) is 0 Å². The smallest absolute Gasteiger partial charge is 0.416 e. The molecule has 0 aromatic heterocycles. The van der Waals surface area contributed by atoms with Gasteiger partial charge < -0.3 is 9.84 Å². The Morgan fingerprint density at radius 3 is 2.10 bits per heavy atom. The Bertz CT molecular complexity index is 1450. The molecule has 0 spiro atoms. The molecule has 3 aromatic carbocycles. The van der Waals surface area contributed by atoms with Crippen LogP contribution < -0.4 is 9.46 Å². The maximum atomic E-state index is 13.3. The van der Waals surface area contributed by atoms with E-state index in [0.717, 1.165) is 0 Å². The number of ether oxygens (including phenoxy) is 1. The van der Waals surface area contributed by atoms with Gasteiger partial charge in [0.25, 0.3) is 0 Å². The third-order valence-corrected chi connectivity index (χ3v) is 7.62. The molecule has 0 saturated carbocycles. The minimum atomic E-state index is -5.22. The van der Waals surface area contributed by atoms with Gasteiger partial charge in [0.1, 0.15) is 5.75 Å². The first-order valence-electron chi connectivity index (χ1n) is 11.5. The summed E-state index contributed by atoms with van der Waals surface area (Å²) in [6.45, 7) is -0.675. The Balaban J connectivity index is 1.79. The number of alkyl halides is 6. The van der Waals surface area contributed by atoms with E-state index in [1.54, 1.807) is 42.5 Å². The maximum Gasteiger partial charge on any atom is 0.416 e. The number of sulfonamides is 1. The number of hydrogen-bond donors (Lipinski definition) is 2. The van der Waals surface area contributed by atoms with Crippen molar-refractivity contribution < 1.29 is 49.4 Å². The van der Waals surface area contributed by atoms with Gasteiger partial charge in [0, 0.05) is 6.04 Å². The molecule has 1 unspecified atom stereocenters. The van der Waals surface area contributed by atoms with Gasteiger partial charge in [-0.3, -0.25) is 0 Å². The maximum absolute atomic E-state index is 13.3. The number of carbonyl (C=O) groups is 1. The van der Waals surface area contributed by atoms with Gasteiger partial charge in [-0.05, 0) is 71.8 Å². The lowest BCUT2D eigenvalue weighted by Gasteiger charge is -2.29. The summed E-state index contributed by atoms with van der Waals surface area (Å²) in [5.74, 6) is -1.05. The van der Waals surface area contributed by atoms with E-state index in [1.807, 2.05) is 0 Å². The average Bonchev–Trinajstić information content (AvgIpc) is 2.86. The molecule has 0 fully saturated rings. The van der Waals surface area contributed by atoms with Gasteiger partial charge in [0.05, 0.1) is 16.0 Å². The van der Waals surface area contributed by atoms with E-state index in [2.05, 4.69) is 4.72 Å². The highest BCUT2D eigenvalue weighted by molar-refractivity contribution is 7.89. The fourth-order valence-electron chi connectivity index (χ4n) is 4.41. The second-order valence-electron chi connectivity index (χ2n) is 8.90. The molecular weight excluding hydrogens is 552 g/mol. The summed E-state index contributed by atoms with van der Waals surface area (Å²) in [7, 11) is -4.87. The second kappa shape index (κ2) is 10.5. The van der Waals surface area contributed by atoms with Gasteiger partial charge in [-0.15, -0.1) is 0 Å². The predicted molar refractivity (Wildman–Crippen MR) is 127 cm³/mol. The number of halogens is 6. The highest BCUT2D eigenvalue weighted by Crippen LogP contribution is 2.41. The van der Waals surface area contributed by atoms with E-state index in [4.69, 9.17) is 9.84 Å². The number of fused-ring (bicyclic) bond motifs is 1. The van der Waals surface area contributed by atoms with Crippen LogP contribution in [0.25, 0.3) is 11.1 Å². The van der Waals surface area contributed by atoms with Crippen molar-refractivity contribution in [3.63, 3.8) is 0 Å². The number of rotatable bonds is 7. The Morgan fingerprint density at radius 2 is 1.54 bits per heavy atom. The van der Waals surface area contributed by atoms with Crippen LogP contribution in [-0.4, -0.2) is 26.1 Å². The van der Waals surface area contributed by atoms with Crippen molar-refractivity contribution >= 4 is 16.0 Å². The van der Waals surface area contributed by atoms with Crippen LogP contribution in [0, 0.1) is 0 Å². The van der Waals surface area contributed by atoms with Gasteiger partial charge >= 0.3 is 18.3 Å². The topological polar surface area (TPSA) is 92.7 Å². The van der Waals surface area contributed by atoms with Crippen LogP contribution in [0.2, 0.25) is 0 Å². The van der Waals surface area contributed by atoms with E-state index in [0.29, 0.717) is 35.1 Å². The van der Waals surface area contributed by atoms with E-state index in [9.17, 15) is 39.6 Å². The van der Waals surface area contributed by atoms with Crippen LogP contribution in [0.4, 0.5) is 26.3 Å². The van der Waals surface area contributed by atoms with Crippen LogP contribution in [0.5, 0.6) is 5.75 Å². The number of carboxylic acid groups (broad SMARTS) is 1. The molecule has 1 aliphatic rings. The molecule has 1 aliphatic carbocycles. The Hall–Kier alpha value is -3.58. The summed E-state index contributed by atoms with van der Waals surface area (Å²) in [5, 5.41) is 9.08. The number of nitrogens with one attached hydrogen (secondary N) is 1. The van der Waals surface area contributed by atoms with Crippen molar-refractivity contribution in [3.8, 4) is 16.9 Å². The van der Waals surface area contributed by atoms with Crippen molar-refractivity contribution in [2.45, 2.75) is 42.6 Å². The van der Waals surface area contributed by atoms with Crippen LogP contribution in [0.15, 0.2) is 65.6 Å². The highest BCUT2D eigenvalue weighted by Gasteiger charge is 2.39. The van der Waals surface area contributed by atoms with E-state index < -0.39 is 57.0 Å². The minimum absolute atomic E-state index is 0.146. The van der Waals surface area contributed by atoms with Crippen LogP contribution >= 0.6 is 0 Å². The lowest BCUT2D eigenvalue weighted by Crippen LogP contribution is -2.32. The molecule has 0 heterocycles. The third-order valence-electron chi connectivity index (χ3n) is 6.17. The van der Waals surface area contributed by atoms with Crippen molar-refractivity contribution in [1.82, 2.24) is 4.72 Å². The molecule has 1 atom stereocenters. The molecule has 3 aromatic rings. The van der Waals surface area contributed by atoms with Crippen molar-refractivity contribution in [1.29, 1.82) is 0 Å². The Kier molecular flexibility index (Phi) is 7.68. The van der Waals surface area contributed by atoms with E-state index >= 15 is 0 Å². The van der Waals surface area contributed by atoms with Gasteiger partial charge in [-0.25, -0.2) is 17.9 Å². The van der Waals surface area contributed by atoms with E-state index in [-0.39, 0.29) is 30.4 Å². The van der Waals surface area contributed by atoms with Gasteiger partial charge in [-0.2, -0.15) is 26.3 Å². The largest absolute Gasteiger partial charge is 0.482 e. The van der Waals surface area contributed by atoms with Crippen molar-refractivity contribution in [2.75, 3.05) is 6.61 Å². The quantitative estimate of drug-likeness (QED) is 0.328. The van der Waals surface area contributed by atoms with Gasteiger partial charge in [0.2, 0.25) is 10.0 Å². The molecule has 0 amide bonds. The summed E-state index contributed by atoms with van der Waals surface area (Å²) in [4.78, 5) is 9.94. The SMILES string of the molecule is O=C(O)COc1cc(-c2ccccc2)cc2c1CCCC2NS(=O)(=O)c1cc(C(F)(F)F)cc(C(F)(F)F)c1. The molecule has 0 bridgehead atoms. The predicted octanol–water partition coefficient (Wildman–Crippen LogP) is 6.21. The summed E-state index contributed by atoms with van der Waals surface area (Å²) < 4.78 is 114. The molecule has 0 radical (unpaired) electrons. The number of benzene rings is 3. The second-order valence-corrected chi connectivity index (χ2v) is 10.6. The molecule has 0 aliphatic heterocycles. The third kappa shape index (κ3) is 6.53. The zero-order chi connectivity index (χ0) is 28.6. The molecule has 0 saturated heterocycles. The van der Waals surface area contributed by atoms with Crippen LogP contribution in [-0.2, 0) is 33.6 Å². The lowest BCUT2D eigenvalue weighted by atomic mass is 9.85. The molecule has 39 heavy (non-hydrogen) atoms. The fraction of sp³-hybridized carbons (Fsp3) is 0.269. The first-order chi connectivity index (χ1) is 18.1. The normalized spacial score (nSPS) is 16.0. The summed E-state index contributed by atoms with van der Waals surface area (Å²) >= 11 is 0. The highest BCUT2D eigenvalue weighted by atomic mass is 32.2. The monoisotopic (exact) mass is 573 g/mol. The van der Waals surface area contributed by atoms with E-state index in [1.165, 1.54) is 0 Å². The standard InChI is InChI=1S/C26H21F6NO5S/c27-25(28,29)17-11-18(26(30,31)32)13-19(12-17)39(36,37)33-22-8-4-7-20-21(22)9-16(15-5-2-1-3-6-15)10-23(20)38-14-24(34)35/h1-3,5-6,9-13,22,33H,4,7-8,14H2,(H,34,35). The Morgan fingerprint density at radius 1 is 0.923 bits per heavy atom. The molecule has 6 nitrogen and oxygen atoms in total. The zero-order valence-corrected chi connectivity index (χ0v) is 20.8. The fourth-order valence-corrected chi connectivity index (χ4v) is 5.73. The zero-order valence-electron chi connectivity index (χ0n) is 19.9. The molecule has 13 heteroatoms. The lowest BCUT2D eigenvalue weighted by molar-refractivity contribution is -0.143. The first-order valence-corrected chi connectivity index (χ1v) is 13.0. The summed E-state index contributed by atoms with van der Waals surface area (Å²) in [6, 6.07) is 11.2. The van der Waals surface area contributed by atoms with Gasteiger partial charge in [0.15, 0.2) is 6.61 Å². The summed E-state index contributed by atoms with van der Waals surface area (Å²) in [5.41, 5.74) is -1.38. The molecule has 4 rings (SSSR count). The van der Waals surface area contributed by atoms with Crippen molar-refractivity contribution in [3.05, 3.63) is 82.9 Å². The molecule has 2 N–H and O–H groups in total. The molecular formula is C26H21F6NO5S. The number of hydrogen-bond acceptors (Lipinski definition) is 4. The summed E-state index contributed by atoms with van der Waals surface area (Å²) in [6.07, 6.45) is -9.47. The Labute approximate surface area is 219 Å². The average molecular weight is 574 g/mol. The van der Waals surface area contributed by atoms with Gasteiger partial charge in [-0.1, -0.05) is 30.3 Å². The minimum Gasteiger partial charge on any atom is -0.482 e. The van der Waals surface area contributed by atoms with Crippen LogP contribution in [0.1, 0.15) is 41.1 Å². The number of aliphatic carboxylic acids is 1. The van der Waals surface area contributed by atoms with Crippen molar-refractivity contribution in [2.24, 2.45) is 0 Å².